The van der Waals surface area contributed by atoms with Gasteiger partial charge in [0.15, 0.2) is 6.61 Å². The van der Waals surface area contributed by atoms with Crippen LogP contribution in [0.4, 0.5) is 5.69 Å². The van der Waals surface area contributed by atoms with Gasteiger partial charge >= 0.3 is 0 Å². The van der Waals surface area contributed by atoms with Crippen LogP contribution in [0.25, 0.3) is 0 Å². The first kappa shape index (κ1) is 21.3. The maximum absolute atomic E-state index is 12.6. The van der Waals surface area contributed by atoms with Crippen LogP contribution in [-0.2, 0) is 19.6 Å². The van der Waals surface area contributed by atoms with E-state index < -0.39 is 10.0 Å². The maximum atomic E-state index is 12.6. The summed E-state index contributed by atoms with van der Waals surface area (Å²) in [6.45, 7) is 5.37. The second kappa shape index (κ2) is 8.94. The van der Waals surface area contributed by atoms with Crippen molar-refractivity contribution >= 4 is 21.6 Å². The predicted octanol–water partition coefficient (Wildman–Crippen LogP) is 2.37. The highest BCUT2D eigenvalue weighted by atomic mass is 32.2. The molecule has 0 radical (unpaired) electrons. The molecule has 1 amide bonds. The largest absolute Gasteiger partial charge is 0.484 e. The van der Waals surface area contributed by atoms with Crippen molar-refractivity contribution in [3.8, 4) is 5.75 Å². The molecule has 8 heteroatoms. The average Bonchev–Trinajstić information content (AvgIpc) is 2.74. The minimum Gasteiger partial charge on any atom is -0.484 e. The highest BCUT2D eigenvalue weighted by Gasteiger charge is 2.26. The second-order valence-electron chi connectivity index (χ2n) is 7.00. The molecule has 0 unspecified atom stereocenters. The summed E-state index contributed by atoms with van der Waals surface area (Å²) in [4.78, 5) is 14.2. The summed E-state index contributed by atoms with van der Waals surface area (Å²) in [5, 5.41) is 0. The number of rotatable bonds is 6. The molecule has 1 heterocycles. The number of hydrogen-bond donors (Lipinski definition) is 0. The van der Waals surface area contributed by atoms with E-state index in [0.717, 1.165) is 16.8 Å². The number of sulfonamides is 1. The first-order valence-electron chi connectivity index (χ1n) is 9.43. The van der Waals surface area contributed by atoms with Crippen molar-refractivity contribution in [3.05, 3.63) is 53.6 Å². The molecule has 7 nitrogen and oxygen atoms in total. The van der Waals surface area contributed by atoms with Crippen molar-refractivity contribution in [2.45, 2.75) is 18.7 Å². The topological polar surface area (TPSA) is 76.2 Å². The fraction of sp³-hybridized carbons (Fsp3) is 0.381. The van der Waals surface area contributed by atoms with Gasteiger partial charge in [-0.15, -0.1) is 0 Å². The van der Waals surface area contributed by atoms with Crippen molar-refractivity contribution in [2.75, 3.05) is 44.9 Å². The van der Waals surface area contributed by atoms with Crippen LogP contribution >= 0.6 is 0 Å². The molecule has 0 spiro atoms. The highest BCUT2D eigenvalue weighted by molar-refractivity contribution is 7.89. The quantitative estimate of drug-likeness (QED) is 0.720. The Hall–Kier alpha value is -2.42. The van der Waals surface area contributed by atoms with Crippen molar-refractivity contribution in [2.24, 2.45) is 0 Å². The van der Waals surface area contributed by atoms with Crippen LogP contribution < -0.4 is 9.64 Å². The molecule has 0 aromatic heterocycles. The zero-order valence-corrected chi connectivity index (χ0v) is 17.7. The zero-order valence-electron chi connectivity index (χ0n) is 16.9. The first-order chi connectivity index (χ1) is 13.8. The molecular formula is C21H26N2O5S. The summed E-state index contributed by atoms with van der Waals surface area (Å²) in [6.07, 6.45) is 0. The number of carbonyl (C=O) groups excluding carboxylic acids is 1. The first-order valence-corrected chi connectivity index (χ1v) is 10.9. The number of hydrogen-bond acceptors (Lipinski definition) is 5. The summed E-state index contributed by atoms with van der Waals surface area (Å²) in [5.74, 6) is 0.242. The molecule has 2 aromatic rings. The molecule has 0 bridgehead atoms. The van der Waals surface area contributed by atoms with Gasteiger partial charge < -0.3 is 14.4 Å². The lowest BCUT2D eigenvalue weighted by Gasteiger charge is -2.26. The monoisotopic (exact) mass is 418 g/mol. The van der Waals surface area contributed by atoms with Gasteiger partial charge in [-0.25, -0.2) is 8.42 Å². The SMILES string of the molecule is Cc1ccc(N(C)C(=O)COc2ccc(S(=O)(=O)N3CCOCC3)cc2)cc1C. The Kier molecular flexibility index (Phi) is 6.56. The molecule has 0 atom stereocenters. The zero-order chi connectivity index (χ0) is 21.0. The Morgan fingerprint density at radius 2 is 1.72 bits per heavy atom. The van der Waals surface area contributed by atoms with Crippen molar-refractivity contribution < 1.29 is 22.7 Å². The summed E-state index contributed by atoms with van der Waals surface area (Å²) >= 11 is 0. The Bertz CT molecular complexity index is 967. The fourth-order valence-electron chi connectivity index (χ4n) is 2.96. The molecule has 0 aliphatic carbocycles. The molecule has 3 rings (SSSR count). The normalized spacial score (nSPS) is 15.1. The number of likely N-dealkylation sites (N-methyl/N-ethyl adjacent to an activating group) is 1. The number of nitrogens with zero attached hydrogens (tertiary/aromatic N) is 2. The van der Waals surface area contributed by atoms with Crippen LogP contribution in [0.2, 0.25) is 0 Å². The van der Waals surface area contributed by atoms with Crippen molar-refractivity contribution in [1.29, 1.82) is 0 Å². The van der Waals surface area contributed by atoms with Gasteiger partial charge in [-0.3, -0.25) is 4.79 Å². The van der Waals surface area contributed by atoms with Gasteiger partial charge in [0.25, 0.3) is 5.91 Å². The number of carbonyl (C=O) groups is 1. The van der Waals surface area contributed by atoms with E-state index in [1.165, 1.54) is 16.4 Å². The van der Waals surface area contributed by atoms with Crippen molar-refractivity contribution in [1.82, 2.24) is 4.31 Å². The Morgan fingerprint density at radius 1 is 1.07 bits per heavy atom. The van der Waals surface area contributed by atoms with Gasteiger partial charge in [-0.1, -0.05) is 6.07 Å². The molecule has 2 aromatic carbocycles. The van der Waals surface area contributed by atoms with Gasteiger partial charge in [0.05, 0.1) is 18.1 Å². The van der Waals surface area contributed by atoms with E-state index >= 15 is 0 Å². The number of benzene rings is 2. The number of amides is 1. The lowest BCUT2D eigenvalue weighted by atomic mass is 10.1. The average molecular weight is 419 g/mol. The standard InChI is InChI=1S/C21H26N2O5S/c1-16-4-5-18(14-17(16)2)22(3)21(24)15-28-19-6-8-20(9-7-19)29(25,26)23-10-12-27-13-11-23/h4-9,14H,10-13,15H2,1-3H3. The van der Waals surface area contributed by atoms with Crippen LogP contribution in [0.5, 0.6) is 5.75 Å². The lowest BCUT2D eigenvalue weighted by molar-refractivity contribution is -0.120. The van der Waals surface area contributed by atoms with E-state index in [1.54, 1.807) is 24.1 Å². The van der Waals surface area contributed by atoms with Gasteiger partial charge in [-0.2, -0.15) is 4.31 Å². The van der Waals surface area contributed by atoms with Crippen LogP contribution in [0.15, 0.2) is 47.4 Å². The number of aryl methyl sites for hydroxylation is 2. The number of ether oxygens (including phenoxy) is 2. The Balaban J connectivity index is 1.61. The van der Waals surface area contributed by atoms with Crippen molar-refractivity contribution in [3.63, 3.8) is 0 Å². The summed E-state index contributed by atoms with van der Waals surface area (Å²) in [5.41, 5.74) is 3.08. The van der Waals surface area contributed by atoms with E-state index in [9.17, 15) is 13.2 Å². The van der Waals surface area contributed by atoms with Gasteiger partial charge in [0.2, 0.25) is 10.0 Å². The molecule has 1 saturated heterocycles. The third-order valence-electron chi connectivity index (χ3n) is 5.05. The molecule has 1 aliphatic rings. The predicted molar refractivity (Wildman–Crippen MR) is 111 cm³/mol. The highest BCUT2D eigenvalue weighted by Crippen LogP contribution is 2.21. The third-order valence-corrected chi connectivity index (χ3v) is 6.96. The Labute approximate surface area is 171 Å². The molecule has 1 fully saturated rings. The van der Waals surface area contributed by atoms with Gasteiger partial charge in [0, 0.05) is 25.8 Å². The smallest absolute Gasteiger partial charge is 0.264 e. The Morgan fingerprint density at radius 3 is 2.34 bits per heavy atom. The maximum Gasteiger partial charge on any atom is 0.264 e. The molecule has 156 valence electrons. The summed E-state index contributed by atoms with van der Waals surface area (Å²) < 4.78 is 37.4. The van der Waals surface area contributed by atoms with E-state index in [-0.39, 0.29) is 17.4 Å². The van der Waals surface area contributed by atoms with Gasteiger partial charge in [0.1, 0.15) is 5.75 Å². The van der Waals surface area contributed by atoms with Crippen LogP contribution in [0, 0.1) is 13.8 Å². The second-order valence-corrected chi connectivity index (χ2v) is 8.94. The van der Waals surface area contributed by atoms with Crippen LogP contribution in [0.1, 0.15) is 11.1 Å². The number of anilines is 1. The minimum absolute atomic E-state index is 0.140. The van der Waals surface area contributed by atoms with E-state index in [2.05, 4.69) is 0 Å². The van der Waals surface area contributed by atoms with Crippen LogP contribution in [-0.4, -0.2) is 58.6 Å². The molecule has 0 N–H and O–H groups in total. The molecule has 0 saturated carbocycles. The minimum atomic E-state index is -3.54. The lowest BCUT2D eigenvalue weighted by Crippen LogP contribution is -2.40. The number of morpholine rings is 1. The van der Waals surface area contributed by atoms with E-state index in [4.69, 9.17) is 9.47 Å². The fourth-order valence-corrected chi connectivity index (χ4v) is 4.37. The summed E-state index contributed by atoms with van der Waals surface area (Å²) in [7, 11) is -1.84. The third kappa shape index (κ3) is 4.95. The molecule has 29 heavy (non-hydrogen) atoms. The summed E-state index contributed by atoms with van der Waals surface area (Å²) in [6, 6.07) is 12.0. The van der Waals surface area contributed by atoms with E-state index in [0.29, 0.717) is 32.1 Å². The van der Waals surface area contributed by atoms with E-state index in [1.807, 2.05) is 32.0 Å². The molecular weight excluding hydrogens is 392 g/mol. The van der Waals surface area contributed by atoms with Crippen LogP contribution in [0.3, 0.4) is 0 Å². The molecule has 1 aliphatic heterocycles. The van der Waals surface area contributed by atoms with Gasteiger partial charge in [-0.05, 0) is 61.4 Å².